The van der Waals surface area contributed by atoms with Crippen LogP contribution in [0.1, 0.15) is 43.4 Å². The number of benzene rings is 1. The molecule has 0 aliphatic carbocycles. The first-order chi connectivity index (χ1) is 12.4. The van der Waals surface area contributed by atoms with Crippen molar-refractivity contribution in [2.75, 3.05) is 13.7 Å². The number of rotatable bonds is 7. The van der Waals surface area contributed by atoms with Gasteiger partial charge in [0.2, 0.25) is 5.52 Å². The number of ether oxygens (including phenoxy) is 3. The van der Waals surface area contributed by atoms with Crippen LogP contribution in [0.25, 0.3) is 11.0 Å². The molecule has 1 aromatic heterocycles. The molecule has 0 bridgehead atoms. The summed E-state index contributed by atoms with van der Waals surface area (Å²) in [6, 6.07) is 4.72. The van der Waals surface area contributed by atoms with Gasteiger partial charge in [-0.1, -0.05) is 13.8 Å². The standard InChI is InChI=1S/C18H22N2O6/c1-5-25-18(22)17-14(10-26-16(21)8-11(2)3)19-13-7-6-12(24-4)9-15(13)20(17)23/h6-7,9,11H,5,8,10H2,1-4H3. The maximum Gasteiger partial charge on any atom is 0.407 e. The van der Waals surface area contributed by atoms with Gasteiger partial charge in [-0.2, -0.15) is 4.73 Å². The number of carbonyl (C=O) groups excluding carboxylic acids is 2. The minimum atomic E-state index is -0.824. The van der Waals surface area contributed by atoms with E-state index < -0.39 is 11.9 Å². The predicted molar refractivity (Wildman–Crippen MR) is 92.5 cm³/mol. The van der Waals surface area contributed by atoms with E-state index >= 15 is 0 Å². The van der Waals surface area contributed by atoms with Crippen molar-refractivity contribution in [3.05, 3.63) is 34.8 Å². The summed E-state index contributed by atoms with van der Waals surface area (Å²) in [7, 11) is 1.47. The van der Waals surface area contributed by atoms with Crippen molar-refractivity contribution in [3.8, 4) is 5.75 Å². The van der Waals surface area contributed by atoms with Gasteiger partial charge >= 0.3 is 17.6 Å². The van der Waals surface area contributed by atoms with Gasteiger partial charge in [-0.05, 0) is 25.0 Å². The molecule has 140 valence electrons. The third-order valence-corrected chi connectivity index (χ3v) is 3.55. The van der Waals surface area contributed by atoms with Crippen LogP contribution in [-0.4, -0.2) is 30.6 Å². The van der Waals surface area contributed by atoms with Gasteiger partial charge in [0.25, 0.3) is 0 Å². The minimum absolute atomic E-state index is 0.0493. The Kier molecular flexibility index (Phi) is 6.32. The molecule has 0 unspecified atom stereocenters. The van der Waals surface area contributed by atoms with E-state index in [1.54, 1.807) is 19.1 Å². The molecule has 0 N–H and O–H groups in total. The van der Waals surface area contributed by atoms with Crippen LogP contribution >= 0.6 is 0 Å². The zero-order chi connectivity index (χ0) is 19.3. The third-order valence-electron chi connectivity index (χ3n) is 3.55. The highest BCUT2D eigenvalue weighted by Gasteiger charge is 2.28. The Hall–Kier alpha value is -2.90. The Morgan fingerprint density at radius 1 is 1.27 bits per heavy atom. The van der Waals surface area contributed by atoms with Gasteiger partial charge in [-0.25, -0.2) is 9.78 Å². The zero-order valence-corrected chi connectivity index (χ0v) is 15.3. The number of nitrogens with zero attached hydrogens (tertiary/aromatic N) is 2. The first kappa shape index (κ1) is 19.4. The van der Waals surface area contributed by atoms with Crippen LogP contribution in [0.5, 0.6) is 5.75 Å². The number of hydrogen-bond acceptors (Lipinski definition) is 7. The molecular weight excluding hydrogens is 340 g/mol. The summed E-state index contributed by atoms with van der Waals surface area (Å²) < 4.78 is 15.7. The van der Waals surface area contributed by atoms with Gasteiger partial charge in [-0.15, -0.1) is 0 Å². The molecule has 0 saturated heterocycles. The predicted octanol–water partition coefficient (Wildman–Crippen LogP) is 2.14. The molecule has 0 aliphatic heterocycles. The highest BCUT2D eigenvalue weighted by atomic mass is 16.5. The summed E-state index contributed by atoms with van der Waals surface area (Å²) in [6.07, 6.45) is 0.233. The van der Waals surface area contributed by atoms with Crippen LogP contribution < -0.4 is 9.47 Å². The van der Waals surface area contributed by atoms with Gasteiger partial charge in [0.05, 0.1) is 19.8 Å². The number of carbonyl (C=O) groups is 2. The Labute approximate surface area is 151 Å². The number of methoxy groups -OCH3 is 1. The van der Waals surface area contributed by atoms with Crippen LogP contribution in [0, 0.1) is 11.1 Å². The first-order valence-electron chi connectivity index (χ1n) is 8.30. The first-order valence-corrected chi connectivity index (χ1v) is 8.30. The van der Waals surface area contributed by atoms with Gasteiger partial charge < -0.3 is 19.4 Å². The lowest BCUT2D eigenvalue weighted by Crippen LogP contribution is -2.39. The van der Waals surface area contributed by atoms with Gasteiger partial charge in [-0.3, -0.25) is 4.79 Å². The Morgan fingerprint density at radius 3 is 2.62 bits per heavy atom. The Balaban J connectivity index is 2.47. The lowest BCUT2D eigenvalue weighted by atomic mass is 10.1. The lowest BCUT2D eigenvalue weighted by molar-refractivity contribution is -0.581. The summed E-state index contributed by atoms with van der Waals surface area (Å²) in [5.41, 5.74) is 0.256. The molecule has 0 amide bonds. The van der Waals surface area contributed by atoms with Gasteiger partial charge in [0.1, 0.15) is 17.9 Å². The van der Waals surface area contributed by atoms with Crippen LogP contribution in [-0.2, 0) is 20.9 Å². The van der Waals surface area contributed by atoms with Crippen molar-refractivity contribution in [2.24, 2.45) is 5.92 Å². The second kappa shape index (κ2) is 8.46. The maximum absolute atomic E-state index is 12.7. The number of fused-ring (bicyclic) bond motifs is 1. The fraction of sp³-hybridized carbons (Fsp3) is 0.444. The van der Waals surface area contributed by atoms with Gasteiger partial charge in [0, 0.05) is 6.42 Å². The monoisotopic (exact) mass is 362 g/mol. The molecule has 8 heteroatoms. The van der Waals surface area contributed by atoms with Crippen LogP contribution in [0.4, 0.5) is 0 Å². The molecule has 0 spiro atoms. The van der Waals surface area contributed by atoms with E-state index in [4.69, 9.17) is 14.2 Å². The molecule has 1 heterocycles. The average molecular weight is 362 g/mol. The molecule has 0 aliphatic rings. The van der Waals surface area contributed by atoms with E-state index in [0.717, 1.165) is 0 Å². The second-order valence-electron chi connectivity index (χ2n) is 6.04. The van der Waals surface area contributed by atoms with E-state index in [9.17, 15) is 14.8 Å². The highest BCUT2D eigenvalue weighted by molar-refractivity contribution is 5.88. The van der Waals surface area contributed by atoms with E-state index in [0.29, 0.717) is 16.0 Å². The van der Waals surface area contributed by atoms with Crippen LogP contribution in [0.3, 0.4) is 0 Å². The largest absolute Gasteiger partial charge is 0.618 e. The fourth-order valence-corrected chi connectivity index (χ4v) is 2.37. The molecular formula is C18H22N2O6. The molecule has 2 rings (SSSR count). The molecule has 0 saturated carbocycles. The SMILES string of the molecule is CCOC(=O)c1c(COC(=O)CC(C)C)nc2ccc(OC)cc2[n+]1[O-]. The molecule has 1 aromatic carbocycles. The molecule has 0 atom stereocenters. The summed E-state index contributed by atoms with van der Waals surface area (Å²) in [4.78, 5) is 28.4. The van der Waals surface area contributed by atoms with Crippen LogP contribution in [0.2, 0.25) is 0 Å². The number of hydrogen-bond donors (Lipinski definition) is 0. The summed E-state index contributed by atoms with van der Waals surface area (Å²) in [5.74, 6) is -0.665. The number of aromatic nitrogens is 2. The van der Waals surface area contributed by atoms with Crippen molar-refractivity contribution in [3.63, 3.8) is 0 Å². The molecule has 8 nitrogen and oxygen atoms in total. The maximum atomic E-state index is 12.7. The summed E-state index contributed by atoms with van der Waals surface area (Å²) in [6.45, 7) is 5.22. The quantitative estimate of drug-likeness (QED) is 0.422. The topological polar surface area (TPSA) is 102 Å². The van der Waals surface area contributed by atoms with E-state index in [1.165, 1.54) is 13.2 Å². The van der Waals surface area contributed by atoms with Gasteiger partial charge in [0.15, 0.2) is 5.69 Å². The Bertz CT molecular complexity index is 819. The van der Waals surface area contributed by atoms with Crippen molar-refractivity contribution in [1.29, 1.82) is 0 Å². The van der Waals surface area contributed by atoms with Crippen molar-refractivity contribution in [2.45, 2.75) is 33.8 Å². The van der Waals surface area contributed by atoms with Crippen LogP contribution in [0.15, 0.2) is 18.2 Å². The average Bonchev–Trinajstić information content (AvgIpc) is 2.59. The highest BCUT2D eigenvalue weighted by Crippen LogP contribution is 2.19. The summed E-state index contributed by atoms with van der Waals surface area (Å²) in [5, 5.41) is 12.7. The lowest BCUT2D eigenvalue weighted by Gasteiger charge is -2.12. The second-order valence-corrected chi connectivity index (χ2v) is 6.04. The van der Waals surface area contributed by atoms with Crippen molar-refractivity contribution >= 4 is 23.0 Å². The fourth-order valence-electron chi connectivity index (χ4n) is 2.37. The number of esters is 2. The van der Waals surface area contributed by atoms with E-state index in [2.05, 4.69) is 4.98 Å². The van der Waals surface area contributed by atoms with Crippen molar-refractivity contribution < 1.29 is 28.5 Å². The van der Waals surface area contributed by atoms with Crippen molar-refractivity contribution in [1.82, 2.24) is 4.98 Å². The molecule has 26 heavy (non-hydrogen) atoms. The molecule has 2 aromatic rings. The normalized spacial score (nSPS) is 10.8. The summed E-state index contributed by atoms with van der Waals surface area (Å²) >= 11 is 0. The third kappa shape index (κ3) is 4.38. The minimum Gasteiger partial charge on any atom is -0.618 e. The molecule has 0 radical (unpaired) electrons. The zero-order valence-electron chi connectivity index (χ0n) is 15.3. The molecule has 0 fully saturated rings. The van der Waals surface area contributed by atoms with E-state index in [1.807, 2.05) is 13.8 Å². The Morgan fingerprint density at radius 2 is 2.00 bits per heavy atom. The smallest absolute Gasteiger partial charge is 0.407 e. The van der Waals surface area contributed by atoms with E-state index in [-0.39, 0.29) is 42.5 Å².